The summed E-state index contributed by atoms with van der Waals surface area (Å²) in [7, 11) is 1.62. The van der Waals surface area contributed by atoms with Crippen LogP contribution in [0.25, 0.3) is 0 Å². The molecule has 4 heteroatoms. The van der Waals surface area contributed by atoms with E-state index in [2.05, 4.69) is 5.32 Å². The van der Waals surface area contributed by atoms with Crippen molar-refractivity contribution in [3.05, 3.63) is 35.9 Å². The van der Waals surface area contributed by atoms with Crippen LogP contribution in [-0.2, 0) is 0 Å². The lowest BCUT2D eigenvalue weighted by molar-refractivity contribution is 0.0963. The fraction of sp³-hybridized carbons (Fsp3) is 0.125. The Morgan fingerprint density at radius 3 is 2.08 bits per heavy atom. The van der Waals surface area contributed by atoms with Crippen molar-refractivity contribution >= 4 is 30.7 Å². The van der Waals surface area contributed by atoms with Crippen molar-refractivity contribution in [1.29, 1.82) is 0 Å². The van der Waals surface area contributed by atoms with E-state index < -0.39 is 0 Å². The van der Waals surface area contributed by atoms with Gasteiger partial charge in [-0.25, -0.2) is 0 Å². The van der Waals surface area contributed by atoms with Gasteiger partial charge in [-0.15, -0.1) is 24.8 Å². The molecular weight excluding hydrogens is 197 g/mol. The van der Waals surface area contributed by atoms with E-state index in [4.69, 9.17) is 0 Å². The van der Waals surface area contributed by atoms with Crippen LogP contribution >= 0.6 is 24.8 Å². The van der Waals surface area contributed by atoms with Crippen molar-refractivity contribution in [2.24, 2.45) is 0 Å². The van der Waals surface area contributed by atoms with Crippen molar-refractivity contribution in [2.75, 3.05) is 7.05 Å². The van der Waals surface area contributed by atoms with Crippen LogP contribution in [0, 0.1) is 0 Å². The number of nitrogens with one attached hydrogen (secondary N) is 1. The largest absolute Gasteiger partial charge is 0.355 e. The molecule has 0 unspecified atom stereocenters. The van der Waals surface area contributed by atoms with Gasteiger partial charge in [-0.1, -0.05) is 18.2 Å². The lowest BCUT2D eigenvalue weighted by Gasteiger charge is -1.96. The second-order valence-electron chi connectivity index (χ2n) is 1.95. The molecule has 0 bridgehead atoms. The van der Waals surface area contributed by atoms with Crippen LogP contribution in [0.2, 0.25) is 0 Å². The zero-order valence-corrected chi connectivity index (χ0v) is 8.24. The van der Waals surface area contributed by atoms with E-state index in [1.54, 1.807) is 19.2 Å². The highest BCUT2D eigenvalue weighted by Crippen LogP contribution is 1.96. The standard InChI is InChI=1S/C8H9NO.2ClH/c1-9-8(10)7-5-3-2-4-6-7;;/h2-6H,1H3,(H,9,10);2*1H. The zero-order valence-electron chi connectivity index (χ0n) is 6.61. The topological polar surface area (TPSA) is 29.1 Å². The number of rotatable bonds is 1. The van der Waals surface area contributed by atoms with Crippen molar-refractivity contribution in [3.8, 4) is 0 Å². The van der Waals surface area contributed by atoms with Crippen molar-refractivity contribution < 1.29 is 4.79 Å². The Bertz CT molecular complexity index is 226. The minimum absolute atomic E-state index is 0. The summed E-state index contributed by atoms with van der Waals surface area (Å²) in [4.78, 5) is 10.9. The molecule has 68 valence electrons. The number of carbonyl (C=O) groups is 1. The zero-order chi connectivity index (χ0) is 7.40. The van der Waals surface area contributed by atoms with E-state index in [0.29, 0.717) is 5.56 Å². The molecule has 2 nitrogen and oxygen atoms in total. The second kappa shape index (κ2) is 6.95. The Hall–Kier alpha value is -0.730. The molecule has 0 aliphatic rings. The van der Waals surface area contributed by atoms with Crippen LogP contribution in [0.5, 0.6) is 0 Å². The Labute approximate surface area is 84.2 Å². The summed E-state index contributed by atoms with van der Waals surface area (Å²) in [6, 6.07) is 9.11. The molecule has 1 aromatic carbocycles. The first kappa shape index (κ1) is 13.8. The number of hydrogen-bond acceptors (Lipinski definition) is 1. The first-order chi connectivity index (χ1) is 4.84. The number of amides is 1. The fourth-order valence-electron chi connectivity index (χ4n) is 0.734. The van der Waals surface area contributed by atoms with Crippen molar-refractivity contribution in [1.82, 2.24) is 5.32 Å². The summed E-state index contributed by atoms with van der Waals surface area (Å²) in [6.45, 7) is 0. The van der Waals surface area contributed by atoms with Gasteiger partial charge in [-0.3, -0.25) is 4.79 Å². The van der Waals surface area contributed by atoms with Gasteiger partial charge in [0.25, 0.3) is 5.91 Å². The van der Waals surface area contributed by atoms with Crippen molar-refractivity contribution in [3.63, 3.8) is 0 Å². The Balaban J connectivity index is 0. The molecule has 0 fully saturated rings. The highest BCUT2D eigenvalue weighted by Gasteiger charge is 1.97. The Morgan fingerprint density at radius 2 is 1.67 bits per heavy atom. The highest BCUT2D eigenvalue weighted by atomic mass is 35.5. The maximum absolute atomic E-state index is 10.9. The monoisotopic (exact) mass is 207 g/mol. The quantitative estimate of drug-likeness (QED) is 0.750. The smallest absolute Gasteiger partial charge is 0.251 e. The van der Waals surface area contributed by atoms with Gasteiger partial charge in [0.05, 0.1) is 0 Å². The second-order valence-corrected chi connectivity index (χ2v) is 1.95. The summed E-state index contributed by atoms with van der Waals surface area (Å²) >= 11 is 0. The molecule has 0 aliphatic heterocycles. The molecule has 0 aliphatic carbocycles. The third-order valence-electron chi connectivity index (χ3n) is 1.26. The van der Waals surface area contributed by atoms with E-state index in [1.807, 2.05) is 18.2 Å². The number of carbonyl (C=O) groups excluding carboxylic acids is 1. The van der Waals surface area contributed by atoms with Crippen LogP contribution < -0.4 is 5.32 Å². The van der Waals surface area contributed by atoms with E-state index >= 15 is 0 Å². The molecule has 1 N–H and O–H groups in total. The minimum Gasteiger partial charge on any atom is -0.355 e. The summed E-state index contributed by atoms with van der Waals surface area (Å²) in [5.74, 6) is -0.0411. The third kappa shape index (κ3) is 3.60. The van der Waals surface area contributed by atoms with E-state index in [9.17, 15) is 4.79 Å². The van der Waals surface area contributed by atoms with E-state index in [1.165, 1.54) is 0 Å². The molecule has 12 heavy (non-hydrogen) atoms. The van der Waals surface area contributed by atoms with Gasteiger partial charge < -0.3 is 5.32 Å². The molecule has 0 saturated heterocycles. The maximum Gasteiger partial charge on any atom is 0.251 e. The third-order valence-corrected chi connectivity index (χ3v) is 1.26. The van der Waals surface area contributed by atoms with Gasteiger partial charge in [-0.05, 0) is 12.1 Å². The normalized spacial score (nSPS) is 7.42. The highest BCUT2D eigenvalue weighted by molar-refractivity contribution is 5.93. The molecule has 0 spiro atoms. The summed E-state index contributed by atoms with van der Waals surface area (Å²) < 4.78 is 0. The van der Waals surface area contributed by atoms with Gasteiger partial charge in [0.1, 0.15) is 0 Å². The van der Waals surface area contributed by atoms with E-state index in [-0.39, 0.29) is 30.7 Å². The lowest BCUT2D eigenvalue weighted by Crippen LogP contribution is -2.17. The van der Waals surface area contributed by atoms with E-state index in [0.717, 1.165) is 0 Å². The summed E-state index contributed by atoms with van der Waals surface area (Å²) in [5.41, 5.74) is 0.699. The van der Waals surface area contributed by atoms with Crippen LogP contribution in [0.3, 0.4) is 0 Å². The van der Waals surface area contributed by atoms with Crippen LogP contribution in [0.15, 0.2) is 30.3 Å². The number of benzene rings is 1. The van der Waals surface area contributed by atoms with Gasteiger partial charge in [0, 0.05) is 12.6 Å². The molecule has 0 atom stereocenters. The van der Waals surface area contributed by atoms with Crippen molar-refractivity contribution in [2.45, 2.75) is 0 Å². The van der Waals surface area contributed by atoms with Gasteiger partial charge in [-0.2, -0.15) is 0 Å². The molecule has 0 aromatic heterocycles. The molecule has 1 amide bonds. The predicted molar refractivity (Wildman–Crippen MR) is 54.3 cm³/mol. The first-order valence-corrected chi connectivity index (χ1v) is 3.11. The van der Waals surface area contributed by atoms with Gasteiger partial charge in [0.2, 0.25) is 0 Å². The molecular formula is C8H11Cl2NO. The Kier molecular flexibility index (Phi) is 8.01. The van der Waals surface area contributed by atoms with Crippen LogP contribution in [0.4, 0.5) is 0 Å². The SMILES string of the molecule is CNC(=O)c1ccccc1.Cl.Cl. The van der Waals surface area contributed by atoms with Crippen LogP contribution in [0.1, 0.15) is 10.4 Å². The molecule has 0 heterocycles. The minimum atomic E-state index is -0.0411. The van der Waals surface area contributed by atoms with Crippen LogP contribution in [-0.4, -0.2) is 13.0 Å². The maximum atomic E-state index is 10.9. The molecule has 0 saturated carbocycles. The van der Waals surface area contributed by atoms with Gasteiger partial charge >= 0.3 is 0 Å². The average Bonchev–Trinajstić information content (AvgIpc) is 2.05. The van der Waals surface area contributed by atoms with Gasteiger partial charge in [0.15, 0.2) is 0 Å². The average molecular weight is 208 g/mol. The first-order valence-electron chi connectivity index (χ1n) is 3.11. The summed E-state index contributed by atoms with van der Waals surface area (Å²) in [5, 5.41) is 2.54. The number of halogens is 2. The predicted octanol–water partition coefficient (Wildman–Crippen LogP) is 1.89. The summed E-state index contributed by atoms with van der Waals surface area (Å²) in [6.07, 6.45) is 0. The molecule has 1 rings (SSSR count). The Morgan fingerprint density at radius 1 is 1.17 bits per heavy atom. The lowest BCUT2D eigenvalue weighted by atomic mass is 10.2. The fourth-order valence-corrected chi connectivity index (χ4v) is 0.734. The molecule has 0 radical (unpaired) electrons. The molecule has 1 aromatic rings. The number of hydrogen-bond donors (Lipinski definition) is 1.